The molecular formula is C21H23ClN2O4. The van der Waals surface area contributed by atoms with Crippen LogP contribution in [0.5, 0.6) is 11.5 Å². The number of halogens is 1. The van der Waals surface area contributed by atoms with Gasteiger partial charge in [-0.05, 0) is 43.2 Å². The normalized spacial score (nSPS) is 13.7. The van der Waals surface area contributed by atoms with E-state index in [0.717, 1.165) is 17.7 Å². The van der Waals surface area contributed by atoms with Gasteiger partial charge >= 0.3 is 0 Å². The number of nitrogens with one attached hydrogen (secondary N) is 1. The van der Waals surface area contributed by atoms with Crippen molar-refractivity contribution in [1.82, 2.24) is 0 Å². The van der Waals surface area contributed by atoms with Crippen LogP contribution >= 0.6 is 11.6 Å². The van der Waals surface area contributed by atoms with Crippen LogP contribution in [-0.2, 0) is 11.2 Å². The quantitative estimate of drug-likeness (QED) is 0.741. The van der Waals surface area contributed by atoms with E-state index >= 15 is 0 Å². The van der Waals surface area contributed by atoms with E-state index in [-0.39, 0.29) is 11.7 Å². The SMILES string of the molecule is COc1cc(OC)c(N[C@H](C)C(=O)c2ccc3c(c2)CCN3C(C)=O)cc1Cl. The lowest BCUT2D eigenvalue weighted by Crippen LogP contribution is -2.27. The van der Waals surface area contributed by atoms with Crippen LogP contribution in [0.2, 0.25) is 5.02 Å². The van der Waals surface area contributed by atoms with E-state index < -0.39 is 6.04 Å². The van der Waals surface area contributed by atoms with Crippen LogP contribution in [0, 0.1) is 0 Å². The smallest absolute Gasteiger partial charge is 0.223 e. The Morgan fingerprint density at radius 2 is 1.86 bits per heavy atom. The van der Waals surface area contributed by atoms with Crippen molar-refractivity contribution in [2.75, 3.05) is 31.0 Å². The fraction of sp³-hybridized carbons (Fsp3) is 0.333. The molecule has 1 aliphatic rings. The second kappa shape index (κ2) is 8.10. The minimum absolute atomic E-state index is 0.0105. The molecule has 1 N–H and O–H groups in total. The van der Waals surface area contributed by atoms with Crippen molar-refractivity contribution in [3.05, 3.63) is 46.5 Å². The summed E-state index contributed by atoms with van der Waals surface area (Å²) in [7, 11) is 3.07. The third-order valence-corrected chi connectivity index (χ3v) is 5.17. The number of fused-ring (bicyclic) bond motifs is 1. The van der Waals surface area contributed by atoms with Gasteiger partial charge in [0.15, 0.2) is 5.78 Å². The van der Waals surface area contributed by atoms with Gasteiger partial charge < -0.3 is 19.7 Å². The summed E-state index contributed by atoms with van der Waals surface area (Å²) in [5, 5.41) is 3.59. The molecule has 0 saturated carbocycles. The number of nitrogens with zero attached hydrogens (tertiary/aromatic N) is 1. The average Bonchev–Trinajstić information content (AvgIpc) is 3.11. The van der Waals surface area contributed by atoms with Gasteiger partial charge in [0.05, 0.1) is 31.0 Å². The first-order valence-electron chi connectivity index (χ1n) is 8.99. The lowest BCUT2D eigenvalue weighted by Gasteiger charge is -2.19. The summed E-state index contributed by atoms with van der Waals surface area (Å²) in [6.45, 7) is 3.99. The lowest BCUT2D eigenvalue weighted by molar-refractivity contribution is -0.116. The summed E-state index contributed by atoms with van der Waals surface area (Å²) in [5.41, 5.74) is 3.10. The van der Waals surface area contributed by atoms with Crippen LogP contribution in [-0.4, -0.2) is 38.5 Å². The maximum Gasteiger partial charge on any atom is 0.223 e. The average molecular weight is 403 g/mol. The van der Waals surface area contributed by atoms with Crippen LogP contribution < -0.4 is 19.7 Å². The molecule has 1 heterocycles. The Morgan fingerprint density at radius 3 is 2.50 bits per heavy atom. The molecule has 1 atom stereocenters. The van der Waals surface area contributed by atoms with Gasteiger partial charge in [0.25, 0.3) is 0 Å². The van der Waals surface area contributed by atoms with Gasteiger partial charge in [0.2, 0.25) is 5.91 Å². The molecule has 2 aromatic carbocycles. The maximum atomic E-state index is 12.9. The Kier molecular flexibility index (Phi) is 5.79. The first-order valence-corrected chi connectivity index (χ1v) is 9.36. The zero-order chi connectivity index (χ0) is 20.4. The number of ether oxygens (including phenoxy) is 2. The zero-order valence-electron chi connectivity index (χ0n) is 16.3. The second-order valence-electron chi connectivity index (χ2n) is 6.68. The molecule has 3 rings (SSSR count). The molecule has 148 valence electrons. The maximum absolute atomic E-state index is 12.9. The van der Waals surface area contributed by atoms with Crippen molar-refractivity contribution in [3.63, 3.8) is 0 Å². The van der Waals surface area contributed by atoms with Crippen molar-refractivity contribution in [2.45, 2.75) is 26.3 Å². The first kappa shape index (κ1) is 20.0. The van der Waals surface area contributed by atoms with Gasteiger partial charge in [0.1, 0.15) is 11.5 Å². The summed E-state index contributed by atoms with van der Waals surface area (Å²) in [6, 6.07) is 8.33. The molecule has 0 radical (unpaired) electrons. The van der Waals surface area contributed by atoms with Crippen molar-refractivity contribution in [2.24, 2.45) is 0 Å². The molecule has 0 fully saturated rings. The van der Waals surface area contributed by atoms with Crippen molar-refractivity contribution < 1.29 is 19.1 Å². The summed E-state index contributed by atoms with van der Waals surface area (Å²) in [6.07, 6.45) is 0.750. The highest BCUT2D eigenvalue weighted by molar-refractivity contribution is 6.32. The van der Waals surface area contributed by atoms with Crippen molar-refractivity contribution >= 4 is 34.7 Å². The van der Waals surface area contributed by atoms with E-state index in [4.69, 9.17) is 21.1 Å². The number of amides is 1. The largest absolute Gasteiger partial charge is 0.495 e. The standard InChI is InChI=1S/C21H23ClN2O4/c1-12(23-17-10-16(22)19(27-3)11-20(17)28-4)21(26)15-5-6-18-14(9-15)7-8-24(18)13(2)25/h5-6,9-12,23H,7-8H2,1-4H3/t12-/m1/s1. The number of hydrogen-bond donors (Lipinski definition) is 1. The van der Waals surface area contributed by atoms with E-state index in [0.29, 0.717) is 34.3 Å². The Hall–Kier alpha value is -2.73. The van der Waals surface area contributed by atoms with Gasteiger partial charge in [-0.1, -0.05) is 11.6 Å². The Labute approximate surface area is 169 Å². The number of anilines is 2. The lowest BCUT2D eigenvalue weighted by atomic mass is 10.0. The summed E-state index contributed by atoms with van der Waals surface area (Å²) in [4.78, 5) is 26.4. The first-order chi connectivity index (χ1) is 13.3. The number of carbonyl (C=O) groups excluding carboxylic acids is 2. The number of benzene rings is 2. The minimum atomic E-state index is -0.498. The molecular weight excluding hydrogens is 380 g/mol. The van der Waals surface area contributed by atoms with E-state index in [9.17, 15) is 9.59 Å². The molecule has 6 nitrogen and oxygen atoms in total. The Balaban J connectivity index is 1.81. The predicted molar refractivity (Wildman–Crippen MR) is 110 cm³/mol. The van der Waals surface area contributed by atoms with E-state index in [1.165, 1.54) is 7.11 Å². The number of carbonyl (C=O) groups is 2. The molecule has 0 saturated heterocycles. The van der Waals surface area contributed by atoms with E-state index in [1.54, 1.807) is 44.1 Å². The Morgan fingerprint density at radius 1 is 1.14 bits per heavy atom. The monoisotopic (exact) mass is 402 g/mol. The highest BCUT2D eigenvalue weighted by Crippen LogP contribution is 2.36. The number of Topliss-reactive ketones (excluding diaryl/α,β-unsaturated/α-hetero) is 1. The summed E-state index contributed by atoms with van der Waals surface area (Å²) >= 11 is 6.20. The molecule has 1 aliphatic heterocycles. The van der Waals surface area contributed by atoms with E-state index in [1.807, 2.05) is 12.1 Å². The van der Waals surface area contributed by atoms with Crippen molar-refractivity contribution in [1.29, 1.82) is 0 Å². The number of rotatable bonds is 6. The van der Waals surface area contributed by atoms with Crippen LogP contribution in [0.4, 0.5) is 11.4 Å². The third kappa shape index (κ3) is 3.78. The molecule has 28 heavy (non-hydrogen) atoms. The minimum Gasteiger partial charge on any atom is -0.495 e. The Bertz CT molecular complexity index is 929. The van der Waals surface area contributed by atoms with Gasteiger partial charge in [-0.2, -0.15) is 0 Å². The molecule has 0 aliphatic carbocycles. The van der Waals surface area contributed by atoms with Crippen LogP contribution in [0.15, 0.2) is 30.3 Å². The van der Waals surface area contributed by atoms with Gasteiger partial charge in [-0.15, -0.1) is 0 Å². The molecule has 0 spiro atoms. The fourth-order valence-corrected chi connectivity index (χ4v) is 3.64. The molecule has 0 aromatic heterocycles. The number of hydrogen-bond acceptors (Lipinski definition) is 5. The van der Waals surface area contributed by atoms with Gasteiger partial charge in [-0.3, -0.25) is 9.59 Å². The zero-order valence-corrected chi connectivity index (χ0v) is 17.1. The second-order valence-corrected chi connectivity index (χ2v) is 7.09. The number of ketones is 1. The molecule has 0 unspecified atom stereocenters. The van der Waals surface area contributed by atoms with Gasteiger partial charge in [-0.25, -0.2) is 0 Å². The molecule has 2 aromatic rings. The fourth-order valence-electron chi connectivity index (χ4n) is 3.40. The van der Waals surface area contributed by atoms with Crippen LogP contribution in [0.1, 0.15) is 29.8 Å². The van der Waals surface area contributed by atoms with E-state index in [2.05, 4.69) is 5.32 Å². The summed E-state index contributed by atoms with van der Waals surface area (Å²) in [5.74, 6) is 0.984. The molecule has 1 amide bonds. The van der Waals surface area contributed by atoms with Crippen LogP contribution in [0.3, 0.4) is 0 Å². The third-order valence-electron chi connectivity index (χ3n) is 4.88. The highest BCUT2D eigenvalue weighted by atomic mass is 35.5. The summed E-state index contributed by atoms with van der Waals surface area (Å²) < 4.78 is 10.6. The van der Waals surface area contributed by atoms with Crippen LogP contribution in [0.25, 0.3) is 0 Å². The molecule has 7 heteroatoms. The highest BCUT2D eigenvalue weighted by Gasteiger charge is 2.25. The van der Waals surface area contributed by atoms with Gasteiger partial charge in [0, 0.05) is 30.8 Å². The topological polar surface area (TPSA) is 67.9 Å². The predicted octanol–water partition coefficient (Wildman–Crippen LogP) is 3.95. The molecule has 0 bridgehead atoms. The number of methoxy groups -OCH3 is 2. The van der Waals surface area contributed by atoms with Crippen molar-refractivity contribution in [3.8, 4) is 11.5 Å².